The fourth-order valence-corrected chi connectivity index (χ4v) is 2.04. The molecule has 15 heavy (non-hydrogen) atoms. The van der Waals surface area contributed by atoms with Gasteiger partial charge in [-0.25, -0.2) is 0 Å². The van der Waals surface area contributed by atoms with E-state index in [1.165, 1.54) is 20.0 Å². The van der Waals surface area contributed by atoms with Crippen molar-refractivity contribution in [3.8, 4) is 0 Å². The Balaban J connectivity index is 2.17. The van der Waals surface area contributed by atoms with Gasteiger partial charge < -0.3 is 15.4 Å². The van der Waals surface area contributed by atoms with Crippen LogP contribution in [-0.4, -0.2) is 44.2 Å². The number of nitrogens with zero attached hydrogens (tertiary/aromatic N) is 1. The lowest BCUT2D eigenvalue weighted by molar-refractivity contribution is -0.142. The van der Waals surface area contributed by atoms with Crippen molar-refractivity contribution < 1.29 is 9.53 Å². The van der Waals surface area contributed by atoms with E-state index in [4.69, 9.17) is 5.73 Å². The van der Waals surface area contributed by atoms with Crippen LogP contribution in [0.1, 0.15) is 25.7 Å². The molecule has 0 aromatic carbocycles. The second-order valence-electron chi connectivity index (χ2n) is 4.45. The van der Waals surface area contributed by atoms with Gasteiger partial charge in [0.1, 0.15) is 6.04 Å². The smallest absolute Gasteiger partial charge is 0.322 e. The summed E-state index contributed by atoms with van der Waals surface area (Å²) >= 11 is 0. The minimum absolute atomic E-state index is 0.289. The van der Waals surface area contributed by atoms with Crippen molar-refractivity contribution in [2.24, 2.45) is 11.7 Å². The molecule has 0 aromatic rings. The molecule has 1 aliphatic heterocycles. The Morgan fingerprint density at radius 2 is 2.13 bits per heavy atom. The highest BCUT2D eigenvalue weighted by Gasteiger charge is 2.20. The van der Waals surface area contributed by atoms with Gasteiger partial charge in [0.25, 0.3) is 0 Å². The molecule has 0 aliphatic carbocycles. The van der Waals surface area contributed by atoms with Crippen LogP contribution in [-0.2, 0) is 9.53 Å². The molecule has 1 atom stereocenters. The maximum Gasteiger partial charge on any atom is 0.322 e. The predicted octanol–water partition coefficient (Wildman–Crippen LogP) is 0.609. The average Bonchev–Trinajstić information content (AvgIpc) is 2.26. The van der Waals surface area contributed by atoms with Crippen molar-refractivity contribution in [2.45, 2.75) is 31.7 Å². The van der Waals surface area contributed by atoms with Crippen molar-refractivity contribution >= 4 is 5.97 Å². The summed E-state index contributed by atoms with van der Waals surface area (Å²) in [4.78, 5) is 13.4. The standard InChI is InChI=1S/C11H22N2O2/c1-13-7-5-9(6-8-13)3-4-10(12)11(14)15-2/h9-10H,3-8,12H2,1-2H3/t10-/m1/s1. The Labute approximate surface area is 91.8 Å². The van der Waals surface area contributed by atoms with E-state index >= 15 is 0 Å². The van der Waals surface area contributed by atoms with Gasteiger partial charge in [0.15, 0.2) is 0 Å². The number of esters is 1. The van der Waals surface area contributed by atoms with Gasteiger partial charge in [0.2, 0.25) is 0 Å². The summed E-state index contributed by atoms with van der Waals surface area (Å²) < 4.78 is 4.60. The Hall–Kier alpha value is -0.610. The Morgan fingerprint density at radius 3 is 2.67 bits per heavy atom. The molecular weight excluding hydrogens is 192 g/mol. The highest BCUT2D eigenvalue weighted by atomic mass is 16.5. The molecule has 0 saturated carbocycles. The Bertz CT molecular complexity index is 201. The van der Waals surface area contributed by atoms with E-state index in [-0.39, 0.29) is 5.97 Å². The molecule has 1 fully saturated rings. The van der Waals surface area contributed by atoms with Crippen molar-refractivity contribution in [1.29, 1.82) is 0 Å². The van der Waals surface area contributed by atoms with Crippen molar-refractivity contribution in [3.05, 3.63) is 0 Å². The quantitative estimate of drug-likeness (QED) is 0.697. The van der Waals surface area contributed by atoms with Gasteiger partial charge in [-0.15, -0.1) is 0 Å². The van der Waals surface area contributed by atoms with E-state index in [9.17, 15) is 4.79 Å². The van der Waals surface area contributed by atoms with Crippen LogP contribution in [0.5, 0.6) is 0 Å². The molecule has 88 valence electrons. The maximum absolute atomic E-state index is 11.1. The second kappa shape index (κ2) is 6.08. The van der Waals surface area contributed by atoms with E-state index in [1.54, 1.807) is 0 Å². The number of carbonyl (C=O) groups is 1. The zero-order chi connectivity index (χ0) is 11.3. The van der Waals surface area contributed by atoms with E-state index in [1.807, 2.05) is 0 Å². The zero-order valence-electron chi connectivity index (χ0n) is 9.74. The highest BCUT2D eigenvalue weighted by Crippen LogP contribution is 2.21. The average molecular weight is 214 g/mol. The van der Waals surface area contributed by atoms with Gasteiger partial charge in [0.05, 0.1) is 7.11 Å². The van der Waals surface area contributed by atoms with Gasteiger partial charge in [-0.3, -0.25) is 4.79 Å². The van der Waals surface area contributed by atoms with Crippen molar-refractivity contribution in [1.82, 2.24) is 4.90 Å². The van der Waals surface area contributed by atoms with Crippen LogP contribution >= 0.6 is 0 Å². The number of hydrogen-bond donors (Lipinski definition) is 1. The number of ether oxygens (including phenoxy) is 1. The van der Waals surface area contributed by atoms with Gasteiger partial charge in [-0.1, -0.05) is 0 Å². The minimum atomic E-state index is -0.436. The summed E-state index contributed by atoms with van der Waals surface area (Å²) in [6.45, 7) is 2.33. The van der Waals surface area contributed by atoms with Gasteiger partial charge in [-0.05, 0) is 51.7 Å². The number of nitrogens with two attached hydrogens (primary N) is 1. The fourth-order valence-electron chi connectivity index (χ4n) is 2.04. The summed E-state index contributed by atoms with van der Waals surface area (Å²) in [6, 6.07) is -0.436. The first-order valence-corrected chi connectivity index (χ1v) is 5.65. The molecule has 0 bridgehead atoms. The topological polar surface area (TPSA) is 55.6 Å². The molecule has 1 heterocycles. The van der Waals surface area contributed by atoms with Crippen LogP contribution in [0.25, 0.3) is 0 Å². The number of likely N-dealkylation sites (tertiary alicyclic amines) is 1. The molecule has 0 radical (unpaired) electrons. The normalized spacial score (nSPS) is 21.3. The van der Waals surface area contributed by atoms with Crippen LogP contribution in [0.2, 0.25) is 0 Å². The summed E-state index contributed by atoms with van der Waals surface area (Å²) in [5.41, 5.74) is 5.69. The zero-order valence-corrected chi connectivity index (χ0v) is 9.74. The van der Waals surface area contributed by atoms with Crippen molar-refractivity contribution in [3.63, 3.8) is 0 Å². The molecular formula is C11H22N2O2. The largest absolute Gasteiger partial charge is 0.468 e. The lowest BCUT2D eigenvalue weighted by Gasteiger charge is -2.29. The lowest BCUT2D eigenvalue weighted by atomic mass is 9.91. The summed E-state index contributed by atoms with van der Waals surface area (Å²) in [6.07, 6.45) is 4.25. The van der Waals surface area contributed by atoms with Crippen LogP contribution in [0, 0.1) is 5.92 Å². The van der Waals surface area contributed by atoms with Crippen LogP contribution in [0.3, 0.4) is 0 Å². The van der Waals surface area contributed by atoms with E-state index < -0.39 is 6.04 Å². The van der Waals surface area contributed by atoms with Crippen LogP contribution < -0.4 is 5.73 Å². The number of rotatable bonds is 4. The molecule has 1 saturated heterocycles. The molecule has 1 aliphatic rings. The fraction of sp³-hybridized carbons (Fsp3) is 0.909. The Morgan fingerprint density at radius 1 is 1.53 bits per heavy atom. The molecule has 1 rings (SSSR count). The molecule has 0 amide bonds. The molecule has 0 aromatic heterocycles. The molecule has 4 heteroatoms. The van der Waals surface area contributed by atoms with Gasteiger partial charge >= 0.3 is 5.97 Å². The molecule has 4 nitrogen and oxygen atoms in total. The first-order valence-electron chi connectivity index (χ1n) is 5.65. The third kappa shape index (κ3) is 4.18. The summed E-state index contributed by atoms with van der Waals surface area (Å²) in [5.74, 6) is 0.444. The lowest BCUT2D eigenvalue weighted by Crippen LogP contribution is -2.34. The highest BCUT2D eigenvalue weighted by molar-refractivity contribution is 5.75. The summed E-state index contributed by atoms with van der Waals surface area (Å²) in [7, 11) is 3.54. The number of carbonyl (C=O) groups excluding carboxylic acids is 1. The molecule has 0 spiro atoms. The first-order chi connectivity index (χ1) is 7.13. The van der Waals surface area contributed by atoms with Gasteiger partial charge in [0, 0.05) is 0 Å². The maximum atomic E-state index is 11.1. The van der Waals surface area contributed by atoms with E-state index in [0.717, 1.165) is 31.8 Å². The second-order valence-corrected chi connectivity index (χ2v) is 4.45. The SMILES string of the molecule is COC(=O)[C@H](N)CCC1CCN(C)CC1. The van der Waals surface area contributed by atoms with Crippen molar-refractivity contribution in [2.75, 3.05) is 27.2 Å². The third-order valence-corrected chi connectivity index (χ3v) is 3.23. The first kappa shape index (κ1) is 12.5. The molecule has 0 unspecified atom stereocenters. The van der Waals surface area contributed by atoms with Crippen LogP contribution in [0.15, 0.2) is 0 Å². The number of piperidine rings is 1. The van der Waals surface area contributed by atoms with Crippen LogP contribution in [0.4, 0.5) is 0 Å². The van der Waals surface area contributed by atoms with Gasteiger partial charge in [-0.2, -0.15) is 0 Å². The number of methoxy groups -OCH3 is 1. The third-order valence-electron chi connectivity index (χ3n) is 3.23. The van der Waals surface area contributed by atoms with E-state index in [2.05, 4.69) is 16.7 Å². The number of hydrogen-bond acceptors (Lipinski definition) is 4. The summed E-state index contributed by atoms with van der Waals surface area (Å²) in [5, 5.41) is 0. The van der Waals surface area contributed by atoms with E-state index in [0.29, 0.717) is 0 Å². The molecule has 2 N–H and O–H groups in total. The Kier molecular flexibility index (Phi) is 5.05. The predicted molar refractivity (Wildman–Crippen MR) is 59.4 cm³/mol. The minimum Gasteiger partial charge on any atom is -0.468 e. The monoisotopic (exact) mass is 214 g/mol.